The number of hydrogen-bond acceptors (Lipinski definition) is 4. The summed E-state index contributed by atoms with van der Waals surface area (Å²) in [5.41, 5.74) is 4.22. The highest BCUT2D eigenvalue weighted by molar-refractivity contribution is 5.77. The third-order valence-corrected chi connectivity index (χ3v) is 4.88. The van der Waals surface area contributed by atoms with Crippen LogP contribution in [0, 0.1) is 6.92 Å². The molecule has 0 aromatic carbocycles. The molecule has 0 bridgehead atoms. The lowest BCUT2D eigenvalue weighted by Crippen LogP contribution is -2.31. The fraction of sp³-hybridized carbons (Fsp3) is 0.368. The summed E-state index contributed by atoms with van der Waals surface area (Å²) in [5.74, 6) is 0.163. The number of amides is 1. The van der Waals surface area contributed by atoms with Crippen molar-refractivity contribution >= 4 is 5.91 Å². The highest BCUT2D eigenvalue weighted by atomic mass is 16.2. The largest absolute Gasteiger partial charge is 0.334 e. The Morgan fingerprint density at radius 1 is 1.31 bits per heavy atom. The smallest absolute Gasteiger partial charge is 0.224 e. The number of nitrogens with one attached hydrogen (secondary N) is 1. The van der Waals surface area contributed by atoms with Gasteiger partial charge in [0.15, 0.2) is 0 Å². The Kier molecular flexibility index (Phi) is 4.51. The molecule has 1 amide bonds. The second-order valence-electron chi connectivity index (χ2n) is 6.71. The molecule has 1 N–H and O–H groups in total. The number of carbonyl (C=O) groups is 1. The van der Waals surface area contributed by atoms with Crippen molar-refractivity contribution in [1.29, 1.82) is 0 Å². The molecule has 0 radical (unpaired) electrons. The Labute approximate surface area is 152 Å². The van der Waals surface area contributed by atoms with Gasteiger partial charge in [0.05, 0.1) is 24.1 Å². The zero-order valence-corrected chi connectivity index (χ0v) is 14.8. The molecule has 26 heavy (non-hydrogen) atoms. The molecule has 3 aromatic heterocycles. The number of pyridine rings is 1. The molecular formula is C19H22N6O. The Hall–Kier alpha value is -2.96. The Balaban J connectivity index is 1.50. The van der Waals surface area contributed by atoms with E-state index in [1.807, 2.05) is 47.2 Å². The minimum Gasteiger partial charge on any atom is -0.334 e. The van der Waals surface area contributed by atoms with E-state index >= 15 is 0 Å². The first-order chi connectivity index (χ1) is 12.7. The number of aryl methyl sites for hydroxylation is 2. The second kappa shape index (κ2) is 7.11. The molecule has 4 rings (SSSR count). The molecule has 7 heteroatoms. The molecule has 0 aliphatic carbocycles. The van der Waals surface area contributed by atoms with Crippen molar-refractivity contribution in [3.8, 4) is 11.1 Å². The maximum atomic E-state index is 12.8. The van der Waals surface area contributed by atoms with Crippen LogP contribution in [0.2, 0.25) is 0 Å². The van der Waals surface area contributed by atoms with E-state index in [0.29, 0.717) is 13.0 Å². The minimum atomic E-state index is 0.0486. The second-order valence-corrected chi connectivity index (χ2v) is 6.71. The van der Waals surface area contributed by atoms with E-state index in [0.717, 1.165) is 41.8 Å². The van der Waals surface area contributed by atoms with Crippen LogP contribution in [-0.4, -0.2) is 42.3 Å². The third-order valence-electron chi connectivity index (χ3n) is 4.88. The zero-order chi connectivity index (χ0) is 17.9. The van der Waals surface area contributed by atoms with Gasteiger partial charge < -0.3 is 4.90 Å². The van der Waals surface area contributed by atoms with Crippen molar-refractivity contribution in [1.82, 2.24) is 29.9 Å². The van der Waals surface area contributed by atoms with Crippen molar-refractivity contribution in [2.45, 2.75) is 38.8 Å². The van der Waals surface area contributed by atoms with Gasteiger partial charge >= 0.3 is 0 Å². The van der Waals surface area contributed by atoms with Crippen molar-refractivity contribution in [3.63, 3.8) is 0 Å². The SMILES string of the molecule is Cc1cnn(CCC(=O)N2CCC[C@H]2c2[nH]ncc2-c2ccncc2)c1. The lowest BCUT2D eigenvalue weighted by molar-refractivity contribution is -0.132. The molecule has 1 saturated heterocycles. The number of aromatic nitrogens is 5. The Morgan fingerprint density at radius 3 is 2.92 bits per heavy atom. The molecule has 0 saturated carbocycles. The number of likely N-dealkylation sites (tertiary alicyclic amines) is 1. The normalized spacial score (nSPS) is 17.0. The average Bonchev–Trinajstić information content (AvgIpc) is 3.40. The van der Waals surface area contributed by atoms with Gasteiger partial charge in [0.25, 0.3) is 0 Å². The van der Waals surface area contributed by atoms with Crippen molar-refractivity contribution < 1.29 is 4.79 Å². The van der Waals surface area contributed by atoms with Gasteiger partial charge in [-0.25, -0.2) is 0 Å². The minimum absolute atomic E-state index is 0.0486. The molecule has 1 atom stereocenters. The predicted octanol–water partition coefficient (Wildman–Crippen LogP) is 2.73. The molecule has 0 spiro atoms. The Morgan fingerprint density at radius 2 is 2.15 bits per heavy atom. The fourth-order valence-electron chi connectivity index (χ4n) is 3.62. The standard InChI is InChI=1S/C19H22N6O/c1-14-11-22-24(13-14)10-6-18(26)25-9-2-3-17(25)19-16(12-21-23-19)15-4-7-20-8-5-15/h4-5,7-8,11-13,17H,2-3,6,9-10H2,1H3,(H,21,23)/t17-/m0/s1. The summed E-state index contributed by atoms with van der Waals surface area (Å²) in [7, 11) is 0. The van der Waals surface area contributed by atoms with Crippen LogP contribution < -0.4 is 0 Å². The number of carbonyl (C=O) groups excluding carboxylic acids is 1. The Bertz CT molecular complexity index is 884. The molecule has 4 heterocycles. The van der Waals surface area contributed by atoms with Crippen LogP contribution in [0.1, 0.15) is 36.6 Å². The molecule has 134 valence electrons. The van der Waals surface area contributed by atoms with Crippen LogP contribution in [0.4, 0.5) is 0 Å². The molecule has 7 nitrogen and oxygen atoms in total. The number of hydrogen-bond donors (Lipinski definition) is 1. The highest BCUT2D eigenvalue weighted by Gasteiger charge is 2.32. The number of H-pyrrole nitrogens is 1. The van der Waals surface area contributed by atoms with Crippen LogP contribution in [0.3, 0.4) is 0 Å². The topological polar surface area (TPSA) is 79.7 Å². The average molecular weight is 350 g/mol. The lowest BCUT2D eigenvalue weighted by atomic mass is 10.0. The van der Waals surface area contributed by atoms with Crippen LogP contribution in [-0.2, 0) is 11.3 Å². The molecular weight excluding hydrogens is 328 g/mol. The van der Waals surface area contributed by atoms with Gasteiger partial charge in [0, 0.05) is 43.7 Å². The quantitative estimate of drug-likeness (QED) is 0.767. The van der Waals surface area contributed by atoms with Crippen molar-refractivity contribution in [2.24, 2.45) is 0 Å². The molecule has 0 unspecified atom stereocenters. The summed E-state index contributed by atoms with van der Waals surface area (Å²) in [6, 6.07) is 3.98. The number of nitrogens with zero attached hydrogens (tertiary/aromatic N) is 5. The first-order valence-corrected chi connectivity index (χ1v) is 8.94. The third kappa shape index (κ3) is 3.24. The van der Waals surface area contributed by atoms with Crippen molar-refractivity contribution in [2.75, 3.05) is 6.54 Å². The lowest BCUT2D eigenvalue weighted by Gasteiger charge is -2.25. The summed E-state index contributed by atoms with van der Waals surface area (Å²) in [4.78, 5) is 18.9. The number of rotatable bonds is 5. The van der Waals surface area contributed by atoms with Crippen molar-refractivity contribution in [3.05, 3.63) is 54.4 Å². The van der Waals surface area contributed by atoms with Gasteiger partial charge in [-0.2, -0.15) is 10.2 Å². The summed E-state index contributed by atoms with van der Waals surface area (Å²) in [6.45, 7) is 3.40. The molecule has 3 aromatic rings. The molecule has 1 aliphatic heterocycles. The van der Waals surface area contributed by atoms with E-state index in [2.05, 4.69) is 20.3 Å². The predicted molar refractivity (Wildman–Crippen MR) is 97.1 cm³/mol. The van der Waals surface area contributed by atoms with Crippen LogP contribution >= 0.6 is 0 Å². The summed E-state index contributed by atoms with van der Waals surface area (Å²) >= 11 is 0. The van der Waals surface area contributed by atoms with E-state index < -0.39 is 0 Å². The van der Waals surface area contributed by atoms with E-state index in [-0.39, 0.29) is 11.9 Å². The van der Waals surface area contributed by atoms with Gasteiger partial charge in [-0.15, -0.1) is 0 Å². The van der Waals surface area contributed by atoms with E-state index in [1.165, 1.54) is 0 Å². The van der Waals surface area contributed by atoms with Crippen LogP contribution in [0.25, 0.3) is 11.1 Å². The fourth-order valence-corrected chi connectivity index (χ4v) is 3.62. The van der Waals surface area contributed by atoms with E-state index in [9.17, 15) is 4.79 Å². The summed E-state index contributed by atoms with van der Waals surface area (Å²) < 4.78 is 1.83. The van der Waals surface area contributed by atoms with Crippen LogP contribution in [0.5, 0.6) is 0 Å². The van der Waals surface area contributed by atoms with E-state index in [4.69, 9.17) is 0 Å². The number of aromatic amines is 1. The maximum absolute atomic E-state index is 12.8. The monoisotopic (exact) mass is 350 g/mol. The van der Waals surface area contributed by atoms with Gasteiger partial charge in [0.1, 0.15) is 0 Å². The maximum Gasteiger partial charge on any atom is 0.224 e. The first kappa shape index (κ1) is 16.5. The highest BCUT2D eigenvalue weighted by Crippen LogP contribution is 2.36. The molecule has 1 fully saturated rings. The van der Waals surface area contributed by atoms with E-state index in [1.54, 1.807) is 12.4 Å². The summed E-state index contributed by atoms with van der Waals surface area (Å²) in [5, 5.41) is 11.6. The first-order valence-electron chi connectivity index (χ1n) is 8.94. The van der Waals surface area contributed by atoms with Gasteiger partial charge in [-0.05, 0) is 43.0 Å². The van der Waals surface area contributed by atoms with Gasteiger partial charge in [-0.3, -0.25) is 19.6 Å². The summed E-state index contributed by atoms with van der Waals surface area (Å²) in [6.07, 6.45) is 11.6. The van der Waals surface area contributed by atoms with Gasteiger partial charge in [0.2, 0.25) is 5.91 Å². The molecule has 1 aliphatic rings. The van der Waals surface area contributed by atoms with Gasteiger partial charge in [-0.1, -0.05) is 0 Å². The van der Waals surface area contributed by atoms with Crippen LogP contribution in [0.15, 0.2) is 43.1 Å². The zero-order valence-electron chi connectivity index (χ0n) is 14.8.